The van der Waals surface area contributed by atoms with Crippen LogP contribution in [0.3, 0.4) is 0 Å². The fourth-order valence-corrected chi connectivity index (χ4v) is 1.92. The van der Waals surface area contributed by atoms with Gasteiger partial charge < -0.3 is 9.64 Å². The molecular weight excluding hydrogens is 289 g/mol. The van der Waals surface area contributed by atoms with E-state index >= 15 is 0 Å². The van der Waals surface area contributed by atoms with Gasteiger partial charge in [-0.25, -0.2) is 4.39 Å². The van der Waals surface area contributed by atoms with Gasteiger partial charge in [-0.05, 0) is 25.1 Å². The highest BCUT2D eigenvalue weighted by molar-refractivity contribution is 9.09. The van der Waals surface area contributed by atoms with E-state index in [1.54, 1.807) is 11.0 Å². The van der Waals surface area contributed by atoms with Crippen LogP contribution in [0.25, 0.3) is 0 Å². The molecule has 0 saturated heterocycles. The maximum atomic E-state index is 13.5. The van der Waals surface area contributed by atoms with Crippen LogP contribution in [-0.4, -0.2) is 36.3 Å². The third-order valence-electron chi connectivity index (χ3n) is 2.42. The number of rotatable bonds is 5. The Morgan fingerprint density at radius 1 is 1.53 bits per heavy atom. The Kier molecular flexibility index (Phi) is 5.41. The van der Waals surface area contributed by atoms with E-state index in [2.05, 4.69) is 15.9 Å². The monoisotopic (exact) mass is 303 g/mol. The van der Waals surface area contributed by atoms with Gasteiger partial charge in [0.05, 0.1) is 7.11 Å². The SMILES string of the molecule is CCN(CCBr)C(=O)c1ccc(OC)c(F)c1. The van der Waals surface area contributed by atoms with Crippen LogP contribution in [0.2, 0.25) is 0 Å². The molecule has 3 nitrogen and oxygen atoms in total. The highest BCUT2D eigenvalue weighted by atomic mass is 79.9. The number of methoxy groups -OCH3 is 1. The summed E-state index contributed by atoms with van der Waals surface area (Å²) in [5.74, 6) is -0.549. The van der Waals surface area contributed by atoms with Gasteiger partial charge in [0, 0.05) is 24.0 Å². The summed E-state index contributed by atoms with van der Waals surface area (Å²) in [7, 11) is 1.39. The molecule has 0 fully saturated rings. The first-order valence-corrected chi connectivity index (χ1v) is 6.45. The van der Waals surface area contributed by atoms with Gasteiger partial charge in [0.1, 0.15) is 0 Å². The topological polar surface area (TPSA) is 29.5 Å². The zero-order chi connectivity index (χ0) is 12.8. The van der Waals surface area contributed by atoms with Crippen LogP contribution in [0.1, 0.15) is 17.3 Å². The third kappa shape index (κ3) is 3.43. The van der Waals surface area contributed by atoms with Crippen molar-refractivity contribution in [2.45, 2.75) is 6.92 Å². The van der Waals surface area contributed by atoms with Gasteiger partial charge >= 0.3 is 0 Å². The lowest BCUT2D eigenvalue weighted by Gasteiger charge is -2.19. The van der Waals surface area contributed by atoms with Crippen LogP contribution >= 0.6 is 15.9 Å². The fourth-order valence-electron chi connectivity index (χ4n) is 1.49. The van der Waals surface area contributed by atoms with Gasteiger partial charge in [-0.15, -0.1) is 0 Å². The van der Waals surface area contributed by atoms with E-state index in [-0.39, 0.29) is 11.7 Å². The summed E-state index contributed by atoms with van der Waals surface area (Å²) in [5, 5.41) is 0.700. The van der Waals surface area contributed by atoms with Gasteiger partial charge in [-0.3, -0.25) is 4.79 Å². The Balaban J connectivity index is 2.92. The van der Waals surface area contributed by atoms with Crippen LogP contribution in [0.5, 0.6) is 5.75 Å². The zero-order valence-corrected chi connectivity index (χ0v) is 11.5. The minimum absolute atomic E-state index is 0.144. The number of hydrogen-bond donors (Lipinski definition) is 0. The fraction of sp³-hybridized carbons (Fsp3) is 0.417. The molecule has 0 heterocycles. The molecule has 0 aliphatic heterocycles. The standard InChI is InChI=1S/C12H15BrFNO2/c1-3-15(7-6-13)12(16)9-4-5-11(17-2)10(14)8-9/h4-5,8H,3,6-7H2,1-2H3. The van der Waals surface area contributed by atoms with Crippen LogP contribution in [0.4, 0.5) is 4.39 Å². The van der Waals surface area contributed by atoms with Crippen LogP contribution in [0.15, 0.2) is 18.2 Å². The predicted molar refractivity (Wildman–Crippen MR) is 68.3 cm³/mol. The molecular formula is C12H15BrFNO2. The number of amides is 1. The molecule has 0 atom stereocenters. The van der Waals surface area contributed by atoms with Crippen molar-refractivity contribution in [2.24, 2.45) is 0 Å². The summed E-state index contributed by atoms with van der Waals surface area (Å²) >= 11 is 3.28. The number of hydrogen-bond acceptors (Lipinski definition) is 2. The Labute approximate surface area is 109 Å². The number of carbonyl (C=O) groups is 1. The third-order valence-corrected chi connectivity index (χ3v) is 2.78. The van der Waals surface area contributed by atoms with E-state index in [4.69, 9.17) is 4.74 Å². The molecule has 5 heteroatoms. The number of benzene rings is 1. The van der Waals surface area contributed by atoms with Crippen LogP contribution < -0.4 is 4.74 Å². The molecule has 17 heavy (non-hydrogen) atoms. The van der Waals surface area contributed by atoms with Crippen molar-refractivity contribution in [3.05, 3.63) is 29.6 Å². The lowest BCUT2D eigenvalue weighted by Crippen LogP contribution is -2.32. The first-order chi connectivity index (χ1) is 8.13. The molecule has 0 spiro atoms. The van der Waals surface area contributed by atoms with E-state index in [0.29, 0.717) is 24.0 Å². The number of alkyl halides is 1. The van der Waals surface area contributed by atoms with Crippen molar-refractivity contribution < 1.29 is 13.9 Å². The quantitative estimate of drug-likeness (QED) is 0.783. The second-order valence-corrected chi connectivity index (χ2v) is 4.22. The Bertz CT molecular complexity index is 398. The molecule has 94 valence electrons. The van der Waals surface area contributed by atoms with Crippen molar-refractivity contribution >= 4 is 21.8 Å². The number of halogens is 2. The van der Waals surface area contributed by atoms with Crippen molar-refractivity contribution in [3.8, 4) is 5.75 Å². The Morgan fingerprint density at radius 3 is 2.71 bits per heavy atom. The van der Waals surface area contributed by atoms with E-state index < -0.39 is 5.82 Å². The normalized spacial score (nSPS) is 10.1. The van der Waals surface area contributed by atoms with E-state index in [9.17, 15) is 9.18 Å². The molecule has 1 aromatic rings. The average molecular weight is 304 g/mol. The number of carbonyl (C=O) groups excluding carboxylic acids is 1. The van der Waals surface area contributed by atoms with E-state index in [1.807, 2.05) is 6.92 Å². The summed E-state index contributed by atoms with van der Waals surface area (Å²) in [4.78, 5) is 13.7. The first-order valence-electron chi connectivity index (χ1n) is 5.32. The Hall–Kier alpha value is -1.10. The second kappa shape index (κ2) is 6.59. The summed E-state index contributed by atoms with van der Waals surface area (Å²) in [6, 6.07) is 4.24. The van der Waals surface area contributed by atoms with Crippen molar-refractivity contribution in [2.75, 3.05) is 25.5 Å². The maximum absolute atomic E-state index is 13.5. The molecule has 0 aromatic heterocycles. The van der Waals surface area contributed by atoms with Crippen LogP contribution in [0, 0.1) is 5.82 Å². The highest BCUT2D eigenvalue weighted by Crippen LogP contribution is 2.18. The van der Waals surface area contributed by atoms with E-state index in [1.165, 1.54) is 19.2 Å². The average Bonchev–Trinajstić information content (AvgIpc) is 2.35. The summed E-state index contributed by atoms with van der Waals surface area (Å²) in [6.07, 6.45) is 0. The molecule has 0 bridgehead atoms. The number of ether oxygens (including phenoxy) is 1. The summed E-state index contributed by atoms with van der Waals surface area (Å²) in [5.41, 5.74) is 0.339. The van der Waals surface area contributed by atoms with Gasteiger partial charge in [0.2, 0.25) is 0 Å². The lowest BCUT2D eigenvalue weighted by atomic mass is 10.2. The molecule has 0 radical (unpaired) electrons. The smallest absolute Gasteiger partial charge is 0.253 e. The largest absolute Gasteiger partial charge is 0.494 e. The molecule has 0 saturated carbocycles. The van der Waals surface area contributed by atoms with Crippen molar-refractivity contribution in [3.63, 3.8) is 0 Å². The molecule has 0 aliphatic carbocycles. The molecule has 0 unspecified atom stereocenters. The van der Waals surface area contributed by atoms with Gasteiger partial charge in [-0.2, -0.15) is 0 Å². The highest BCUT2D eigenvalue weighted by Gasteiger charge is 2.15. The first kappa shape index (κ1) is 14.0. The minimum Gasteiger partial charge on any atom is -0.494 e. The van der Waals surface area contributed by atoms with Crippen molar-refractivity contribution in [1.82, 2.24) is 4.90 Å². The minimum atomic E-state index is -0.520. The molecule has 0 aliphatic rings. The maximum Gasteiger partial charge on any atom is 0.253 e. The predicted octanol–water partition coefficient (Wildman–Crippen LogP) is 2.69. The lowest BCUT2D eigenvalue weighted by molar-refractivity contribution is 0.0774. The second-order valence-electron chi connectivity index (χ2n) is 3.42. The number of nitrogens with zero attached hydrogens (tertiary/aromatic N) is 1. The molecule has 1 rings (SSSR count). The summed E-state index contributed by atoms with van der Waals surface area (Å²) in [6.45, 7) is 3.08. The molecule has 1 amide bonds. The van der Waals surface area contributed by atoms with Gasteiger partial charge in [-0.1, -0.05) is 15.9 Å². The molecule has 0 N–H and O–H groups in total. The van der Waals surface area contributed by atoms with Gasteiger partial charge in [0.25, 0.3) is 5.91 Å². The Morgan fingerprint density at radius 2 is 2.24 bits per heavy atom. The van der Waals surface area contributed by atoms with Crippen LogP contribution in [-0.2, 0) is 0 Å². The van der Waals surface area contributed by atoms with Crippen molar-refractivity contribution in [1.29, 1.82) is 0 Å². The van der Waals surface area contributed by atoms with E-state index in [0.717, 1.165) is 0 Å². The summed E-state index contributed by atoms with van der Waals surface area (Å²) < 4.78 is 18.3. The molecule has 1 aromatic carbocycles. The van der Waals surface area contributed by atoms with Gasteiger partial charge in [0.15, 0.2) is 11.6 Å². The zero-order valence-electron chi connectivity index (χ0n) is 9.87.